The van der Waals surface area contributed by atoms with Crippen LogP contribution in [0.2, 0.25) is 0 Å². The fourth-order valence-electron chi connectivity index (χ4n) is 1.39. The second-order valence-electron chi connectivity index (χ2n) is 3.47. The van der Waals surface area contributed by atoms with Crippen LogP contribution >= 0.6 is 11.8 Å². The molecule has 3 heterocycles. The molecule has 19 heavy (non-hydrogen) atoms. The second kappa shape index (κ2) is 4.61. The van der Waals surface area contributed by atoms with Crippen LogP contribution in [0.3, 0.4) is 0 Å². The second-order valence-corrected chi connectivity index (χ2v) is 4.46. The molecule has 3 aromatic rings. The molecule has 3 rings (SSSR count). The lowest BCUT2D eigenvalue weighted by Crippen LogP contribution is -1.89. The van der Waals surface area contributed by atoms with Crippen molar-refractivity contribution in [2.45, 2.75) is 10.2 Å². The van der Waals surface area contributed by atoms with Crippen LogP contribution in [0.1, 0.15) is 0 Å². The monoisotopic (exact) mass is 274 g/mol. The van der Waals surface area contributed by atoms with E-state index in [1.54, 1.807) is 29.0 Å². The highest BCUT2D eigenvalue weighted by Crippen LogP contribution is 2.24. The molecule has 8 nitrogen and oxygen atoms in total. The fraction of sp³-hybridized carbons (Fsp3) is 0. The van der Waals surface area contributed by atoms with Gasteiger partial charge >= 0.3 is 0 Å². The number of nitrogens with zero attached hydrogens (tertiary/aromatic N) is 6. The molecular weight excluding hydrogens is 268 g/mol. The Morgan fingerprint density at radius 3 is 2.89 bits per heavy atom. The molecule has 0 N–H and O–H groups in total. The van der Waals surface area contributed by atoms with Gasteiger partial charge in [0.25, 0.3) is 11.5 Å². The molecule has 0 spiro atoms. The highest BCUT2D eigenvalue weighted by atomic mass is 32.2. The van der Waals surface area contributed by atoms with Crippen LogP contribution < -0.4 is 0 Å². The molecule has 0 saturated heterocycles. The molecule has 0 radical (unpaired) electrons. The third kappa shape index (κ3) is 2.36. The predicted octanol–water partition coefficient (Wildman–Crippen LogP) is 1.58. The van der Waals surface area contributed by atoms with Gasteiger partial charge in [0.1, 0.15) is 11.2 Å². The van der Waals surface area contributed by atoms with Gasteiger partial charge < -0.3 is 0 Å². The van der Waals surface area contributed by atoms with E-state index < -0.39 is 4.92 Å². The van der Waals surface area contributed by atoms with Gasteiger partial charge in [0.05, 0.1) is 4.92 Å². The first-order valence-corrected chi connectivity index (χ1v) is 6.00. The fourth-order valence-corrected chi connectivity index (χ4v) is 2.08. The summed E-state index contributed by atoms with van der Waals surface area (Å²) in [6.45, 7) is 0. The standard InChI is InChI=1S/C10H6N6O2S/c17-16(18)7-2-3-8(12-6-7)19-10-13-9-11-4-1-5-15(9)14-10/h1-6H. The zero-order valence-corrected chi connectivity index (χ0v) is 10.2. The maximum absolute atomic E-state index is 10.5. The quantitative estimate of drug-likeness (QED) is 0.528. The lowest BCUT2D eigenvalue weighted by Gasteiger charge is -1.94. The third-order valence-corrected chi connectivity index (χ3v) is 3.03. The van der Waals surface area contributed by atoms with Crippen LogP contribution in [-0.2, 0) is 0 Å². The molecule has 0 atom stereocenters. The Kier molecular flexibility index (Phi) is 2.80. The third-order valence-electron chi connectivity index (χ3n) is 2.22. The minimum absolute atomic E-state index is 0.0472. The molecule has 0 aliphatic heterocycles. The van der Waals surface area contributed by atoms with E-state index in [2.05, 4.69) is 20.1 Å². The van der Waals surface area contributed by atoms with Gasteiger partial charge in [-0.2, -0.15) is 4.98 Å². The van der Waals surface area contributed by atoms with Gasteiger partial charge in [0.2, 0.25) is 5.16 Å². The summed E-state index contributed by atoms with van der Waals surface area (Å²) in [7, 11) is 0. The number of hydrogen-bond acceptors (Lipinski definition) is 7. The van der Waals surface area contributed by atoms with Gasteiger partial charge in [-0.15, -0.1) is 5.10 Å². The van der Waals surface area contributed by atoms with Gasteiger partial charge in [0, 0.05) is 18.5 Å². The molecule has 0 bridgehead atoms. The Morgan fingerprint density at radius 1 is 1.32 bits per heavy atom. The molecule has 3 aromatic heterocycles. The van der Waals surface area contributed by atoms with Crippen LogP contribution in [0.15, 0.2) is 47.0 Å². The van der Waals surface area contributed by atoms with E-state index in [1.165, 1.54) is 24.0 Å². The van der Waals surface area contributed by atoms with Crippen LogP contribution in [0.5, 0.6) is 0 Å². The summed E-state index contributed by atoms with van der Waals surface area (Å²) in [4.78, 5) is 22.2. The van der Waals surface area contributed by atoms with Gasteiger partial charge in [0.15, 0.2) is 0 Å². The van der Waals surface area contributed by atoms with E-state index in [1.807, 2.05) is 0 Å². The molecule has 0 unspecified atom stereocenters. The summed E-state index contributed by atoms with van der Waals surface area (Å²) in [5.74, 6) is 0.493. The Bertz CT molecular complexity index is 708. The predicted molar refractivity (Wildman–Crippen MR) is 65.8 cm³/mol. The van der Waals surface area contributed by atoms with E-state index >= 15 is 0 Å². The minimum Gasteiger partial charge on any atom is -0.258 e. The average Bonchev–Trinajstić information content (AvgIpc) is 2.81. The van der Waals surface area contributed by atoms with Crippen molar-refractivity contribution in [3.63, 3.8) is 0 Å². The SMILES string of the molecule is O=[N+]([O-])c1ccc(Sc2nc3ncccn3n2)nc1. The molecular formula is C10H6N6O2S. The van der Waals surface area contributed by atoms with E-state index in [0.29, 0.717) is 16.0 Å². The summed E-state index contributed by atoms with van der Waals surface area (Å²) in [6, 6.07) is 4.70. The maximum atomic E-state index is 10.5. The topological polar surface area (TPSA) is 99.1 Å². The van der Waals surface area contributed by atoms with Crippen LogP contribution in [-0.4, -0.2) is 29.5 Å². The zero-order chi connectivity index (χ0) is 13.2. The van der Waals surface area contributed by atoms with Crippen molar-refractivity contribution in [2.24, 2.45) is 0 Å². The van der Waals surface area contributed by atoms with Crippen LogP contribution in [0.25, 0.3) is 5.78 Å². The van der Waals surface area contributed by atoms with Crippen molar-refractivity contribution in [2.75, 3.05) is 0 Å². The Hall–Kier alpha value is -2.55. The first kappa shape index (κ1) is 11.5. The molecule has 94 valence electrons. The van der Waals surface area contributed by atoms with Crippen molar-refractivity contribution in [3.05, 3.63) is 46.9 Å². The van der Waals surface area contributed by atoms with Crippen molar-refractivity contribution < 1.29 is 4.92 Å². The van der Waals surface area contributed by atoms with Gasteiger partial charge in [-0.25, -0.2) is 14.5 Å². The highest BCUT2D eigenvalue weighted by Gasteiger charge is 2.09. The molecule has 9 heteroatoms. The number of fused-ring (bicyclic) bond motifs is 1. The molecule has 0 aliphatic rings. The van der Waals surface area contributed by atoms with E-state index in [4.69, 9.17) is 0 Å². The summed E-state index contributed by atoms with van der Waals surface area (Å²) in [5.41, 5.74) is -0.0472. The molecule has 0 saturated carbocycles. The summed E-state index contributed by atoms with van der Waals surface area (Å²) >= 11 is 1.22. The molecule has 0 aliphatic carbocycles. The summed E-state index contributed by atoms with van der Waals surface area (Å²) in [5, 5.41) is 15.8. The molecule has 0 fully saturated rings. The maximum Gasteiger partial charge on any atom is 0.287 e. The molecule has 0 aromatic carbocycles. The lowest BCUT2D eigenvalue weighted by atomic mass is 10.4. The average molecular weight is 274 g/mol. The first-order chi connectivity index (χ1) is 9.22. The van der Waals surface area contributed by atoms with Gasteiger partial charge in [-0.05, 0) is 23.9 Å². The zero-order valence-electron chi connectivity index (χ0n) is 9.37. The number of nitro groups is 1. The number of hydrogen-bond donors (Lipinski definition) is 0. The van der Waals surface area contributed by atoms with E-state index in [0.717, 1.165) is 0 Å². The summed E-state index contributed by atoms with van der Waals surface area (Å²) in [6.07, 6.45) is 4.57. The number of aromatic nitrogens is 5. The van der Waals surface area contributed by atoms with Crippen molar-refractivity contribution >= 4 is 23.2 Å². The normalized spacial score (nSPS) is 10.7. The minimum atomic E-state index is -0.492. The lowest BCUT2D eigenvalue weighted by molar-refractivity contribution is -0.385. The number of pyridine rings is 1. The number of rotatable bonds is 3. The first-order valence-electron chi connectivity index (χ1n) is 5.18. The van der Waals surface area contributed by atoms with Crippen LogP contribution in [0.4, 0.5) is 5.69 Å². The van der Waals surface area contributed by atoms with Crippen LogP contribution in [0, 0.1) is 10.1 Å². The summed E-state index contributed by atoms with van der Waals surface area (Å²) < 4.78 is 1.55. The van der Waals surface area contributed by atoms with Gasteiger partial charge in [-0.3, -0.25) is 10.1 Å². The largest absolute Gasteiger partial charge is 0.287 e. The molecule has 0 amide bonds. The Morgan fingerprint density at radius 2 is 2.21 bits per heavy atom. The van der Waals surface area contributed by atoms with Crippen molar-refractivity contribution in [1.82, 2.24) is 24.6 Å². The van der Waals surface area contributed by atoms with E-state index in [-0.39, 0.29) is 5.69 Å². The van der Waals surface area contributed by atoms with E-state index in [9.17, 15) is 10.1 Å². The van der Waals surface area contributed by atoms with Crippen molar-refractivity contribution in [1.29, 1.82) is 0 Å². The smallest absolute Gasteiger partial charge is 0.258 e. The van der Waals surface area contributed by atoms with Gasteiger partial charge in [-0.1, -0.05) is 0 Å². The Labute approximate surface area is 110 Å². The highest BCUT2D eigenvalue weighted by molar-refractivity contribution is 7.99. The van der Waals surface area contributed by atoms with Crippen molar-refractivity contribution in [3.8, 4) is 0 Å². The Balaban J connectivity index is 1.86.